The number of hydrogen-bond acceptors (Lipinski definition) is 3. The van der Waals surface area contributed by atoms with Gasteiger partial charge in [0.25, 0.3) is 5.56 Å². The standard InChI is InChI=1S/C12H16BrN3O/c13-7-9-3-5-15(8-9)11-12(17)16(6-4-14-11)10-1-2-10/h4,6,9-10H,1-3,5,7-8H2. The zero-order valence-electron chi connectivity index (χ0n) is 9.68. The Labute approximate surface area is 109 Å². The van der Waals surface area contributed by atoms with E-state index in [0.29, 0.717) is 17.8 Å². The Bertz CT molecular complexity index is 469. The van der Waals surface area contributed by atoms with Crippen LogP contribution >= 0.6 is 15.9 Å². The molecule has 2 aliphatic rings. The highest BCUT2D eigenvalue weighted by Crippen LogP contribution is 2.33. The van der Waals surface area contributed by atoms with E-state index in [-0.39, 0.29) is 5.56 Å². The highest BCUT2D eigenvalue weighted by Gasteiger charge is 2.28. The molecule has 1 aliphatic heterocycles. The minimum absolute atomic E-state index is 0.0882. The van der Waals surface area contributed by atoms with E-state index < -0.39 is 0 Å². The topological polar surface area (TPSA) is 38.1 Å². The minimum atomic E-state index is 0.0882. The fourth-order valence-electron chi connectivity index (χ4n) is 2.42. The molecule has 0 N–H and O–H groups in total. The molecule has 1 saturated heterocycles. The Morgan fingerprint density at radius 2 is 2.24 bits per heavy atom. The first-order valence-corrected chi connectivity index (χ1v) is 7.30. The van der Waals surface area contributed by atoms with Gasteiger partial charge in [-0.2, -0.15) is 0 Å². The van der Waals surface area contributed by atoms with E-state index >= 15 is 0 Å². The monoisotopic (exact) mass is 297 g/mol. The van der Waals surface area contributed by atoms with Gasteiger partial charge in [0, 0.05) is 36.9 Å². The van der Waals surface area contributed by atoms with Crippen molar-refractivity contribution in [3.63, 3.8) is 0 Å². The lowest BCUT2D eigenvalue weighted by atomic mass is 10.2. The molecule has 1 aliphatic carbocycles. The molecule has 4 nitrogen and oxygen atoms in total. The second kappa shape index (κ2) is 4.44. The first-order valence-electron chi connectivity index (χ1n) is 6.17. The summed E-state index contributed by atoms with van der Waals surface area (Å²) < 4.78 is 1.85. The summed E-state index contributed by atoms with van der Waals surface area (Å²) in [5.41, 5.74) is 0.0882. The van der Waals surface area contributed by atoms with Crippen molar-refractivity contribution in [2.45, 2.75) is 25.3 Å². The van der Waals surface area contributed by atoms with Crippen LogP contribution in [0, 0.1) is 5.92 Å². The summed E-state index contributed by atoms with van der Waals surface area (Å²) in [6.07, 6.45) is 6.99. The number of nitrogens with zero attached hydrogens (tertiary/aromatic N) is 3. The molecule has 0 radical (unpaired) electrons. The third kappa shape index (κ3) is 2.12. The second-order valence-electron chi connectivity index (χ2n) is 4.95. The summed E-state index contributed by atoms with van der Waals surface area (Å²) in [5, 5.41) is 1.01. The van der Waals surface area contributed by atoms with Crippen LogP contribution in [0.2, 0.25) is 0 Å². The zero-order valence-corrected chi connectivity index (χ0v) is 11.3. The average Bonchev–Trinajstić information content (AvgIpc) is 3.07. The maximum atomic E-state index is 12.3. The highest BCUT2D eigenvalue weighted by atomic mass is 79.9. The third-order valence-corrected chi connectivity index (χ3v) is 4.51. The zero-order chi connectivity index (χ0) is 11.8. The van der Waals surface area contributed by atoms with E-state index in [0.717, 1.165) is 37.7 Å². The number of aromatic nitrogens is 2. The predicted molar refractivity (Wildman–Crippen MR) is 70.9 cm³/mol. The summed E-state index contributed by atoms with van der Waals surface area (Å²) in [4.78, 5) is 18.7. The minimum Gasteiger partial charge on any atom is -0.352 e. The second-order valence-corrected chi connectivity index (χ2v) is 5.60. The maximum absolute atomic E-state index is 12.3. The number of rotatable bonds is 3. The van der Waals surface area contributed by atoms with Crippen LogP contribution in [0.1, 0.15) is 25.3 Å². The van der Waals surface area contributed by atoms with Crippen LogP contribution in [0.5, 0.6) is 0 Å². The molecule has 92 valence electrons. The first-order chi connectivity index (χ1) is 8.29. The molecule has 0 amide bonds. The lowest BCUT2D eigenvalue weighted by Gasteiger charge is -2.17. The summed E-state index contributed by atoms with van der Waals surface area (Å²) in [6, 6.07) is 0.429. The quantitative estimate of drug-likeness (QED) is 0.799. The molecule has 1 atom stereocenters. The lowest BCUT2D eigenvalue weighted by Crippen LogP contribution is -2.31. The van der Waals surface area contributed by atoms with E-state index in [9.17, 15) is 4.79 Å². The fourth-order valence-corrected chi connectivity index (χ4v) is 2.95. The van der Waals surface area contributed by atoms with E-state index in [4.69, 9.17) is 0 Å². The molecule has 0 bridgehead atoms. The van der Waals surface area contributed by atoms with Crippen LogP contribution in [0.25, 0.3) is 0 Å². The van der Waals surface area contributed by atoms with Gasteiger partial charge in [0.1, 0.15) is 0 Å². The van der Waals surface area contributed by atoms with Crippen molar-refractivity contribution in [3.8, 4) is 0 Å². The van der Waals surface area contributed by atoms with Crippen molar-refractivity contribution in [2.24, 2.45) is 5.92 Å². The maximum Gasteiger partial charge on any atom is 0.293 e. The van der Waals surface area contributed by atoms with Gasteiger partial charge in [-0.15, -0.1) is 0 Å². The average molecular weight is 298 g/mol. The van der Waals surface area contributed by atoms with Gasteiger partial charge in [-0.3, -0.25) is 4.79 Å². The Balaban J connectivity index is 1.88. The van der Waals surface area contributed by atoms with Gasteiger partial charge in [0.05, 0.1) is 0 Å². The van der Waals surface area contributed by atoms with Gasteiger partial charge in [-0.25, -0.2) is 4.98 Å². The number of alkyl halides is 1. The number of halogens is 1. The van der Waals surface area contributed by atoms with Gasteiger partial charge in [0.15, 0.2) is 5.82 Å². The fraction of sp³-hybridized carbons (Fsp3) is 0.667. The van der Waals surface area contributed by atoms with Crippen LogP contribution in [0.4, 0.5) is 5.82 Å². The molecule has 17 heavy (non-hydrogen) atoms. The molecular formula is C12H16BrN3O. The van der Waals surface area contributed by atoms with Crippen molar-refractivity contribution in [1.82, 2.24) is 9.55 Å². The summed E-state index contributed by atoms with van der Waals surface area (Å²) >= 11 is 3.51. The molecule has 0 spiro atoms. The van der Waals surface area contributed by atoms with Gasteiger partial charge < -0.3 is 9.47 Å². The van der Waals surface area contributed by atoms with Crippen LogP contribution in [0.15, 0.2) is 17.2 Å². The van der Waals surface area contributed by atoms with Gasteiger partial charge in [-0.05, 0) is 25.2 Å². The predicted octanol–water partition coefficient (Wildman–Crippen LogP) is 1.80. The van der Waals surface area contributed by atoms with E-state index in [2.05, 4.69) is 25.8 Å². The molecule has 3 rings (SSSR count). The first kappa shape index (κ1) is 11.3. The lowest BCUT2D eigenvalue weighted by molar-refractivity contribution is 0.669. The molecule has 2 heterocycles. The van der Waals surface area contributed by atoms with Crippen molar-refractivity contribution in [1.29, 1.82) is 0 Å². The SMILES string of the molecule is O=c1c(N2CCC(CBr)C2)nccn1C1CC1. The van der Waals surface area contributed by atoms with E-state index in [1.807, 2.05) is 10.8 Å². The normalized spacial score (nSPS) is 24.3. The van der Waals surface area contributed by atoms with E-state index in [1.165, 1.54) is 0 Å². The molecule has 0 aromatic carbocycles. The van der Waals surface area contributed by atoms with Crippen LogP contribution < -0.4 is 10.5 Å². The van der Waals surface area contributed by atoms with Crippen LogP contribution in [0.3, 0.4) is 0 Å². The smallest absolute Gasteiger partial charge is 0.293 e. The Hall–Kier alpha value is -0.840. The highest BCUT2D eigenvalue weighted by molar-refractivity contribution is 9.09. The molecule has 1 aromatic rings. The van der Waals surface area contributed by atoms with Crippen molar-refractivity contribution >= 4 is 21.7 Å². The van der Waals surface area contributed by atoms with Gasteiger partial charge >= 0.3 is 0 Å². The molecular weight excluding hydrogens is 282 g/mol. The van der Waals surface area contributed by atoms with Crippen LogP contribution in [-0.2, 0) is 0 Å². The molecule has 2 fully saturated rings. The molecule has 5 heteroatoms. The van der Waals surface area contributed by atoms with Crippen molar-refractivity contribution in [3.05, 3.63) is 22.7 Å². The Kier molecular flexibility index (Phi) is 2.94. The Morgan fingerprint density at radius 1 is 1.41 bits per heavy atom. The summed E-state index contributed by atoms with van der Waals surface area (Å²) in [7, 11) is 0. The molecule has 1 saturated carbocycles. The number of anilines is 1. The van der Waals surface area contributed by atoms with E-state index in [1.54, 1.807) is 6.20 Å². The van der Waals surface area contributed by atoms with Crippen molar-refractivity contribution < 1.29 is 0 Å². The Morgan fingerprint density at radius 3 is 2.88 bits per heavy atom. The van der Waals surface area contributed by atoms with Crippen molar-refractivity contribution in [2.75, 3.05) is 23.3 Å². The van der Waals surface area contributed by atoms with Crippen LogP contribution in [-0.4, -0.2) is 28.0 Å². The molecule has 1 unspecified atom stereocenters. The summed E-state index contributed by atoms with van der Waals surface area (Å²) in [6.45, 7) is 1.90. The molecule has 1 aromatic heterocycles. The summed E-state index contributed by atoms with van der Waals surface area (Å²) in [5.74, 6) is 1.29. The van der Waals surface area contributed by atoms with Gasteiger partial charge in [-0.1, -0.05) is 15.9 Å². The third-order valence-electron chi connectivity index (χ3n) is 3.59. The van der Waals surface area contributed by atoms with Gasteiger partial charge in [0.2, 0.25) is 0 Å². The number of hydrogen-bond donors (Lipinski definition) is 0. The largest absolute Gasteiger partial charge is 0.352 e.